The highest BCUT2D eigenvalue weighted by molar-refractivity contribution is 5.93. The van der Waals surface area contributed by atoms with Gasteiger partial charge in [0.1, 0.15) is 5.75 Å². The molecule has 18 heavy (non-hydrogen) atoms. The topological polar surface area (TPSA) is 42.2 Å². The van der Waals surface area contributed by atoms with Crippen molar-refractivity contribution < 1.29 is 5.11 Å². The molecule has 0 aliphatic heterocycles. The Morgan fingerprint density at radius 3 is 1.94 bits per heavy atom. The van der Waals surface area contributed by atoms with Gasteiger partial charge in [-0.3, -0.25) is 4.79 Å². The minimum atomic E-state index is 0.00533. The van der Waals surface area contributed by atoms with Gasteiger partial charge in [-0.05, 0) is 56.9 Å². The van der Waals surface area contributed by atoms with Crippen LogP contribution in [0.3, 0.4) is 0 Å². The van der Waals surface area contributed by atoms with Gasteiger partial charge < -0.3 is 9.67 Å². The van der Waals surface area contributed by atoms with Gasteiger partial charge in [0.15, 0.2) is 0 Å². The van der Waals surface area contributed by atoms with Gasteiger partial charge >= 0.3 is 0 Å². The minimum Gasteiger partial charge on any atom is -0.507 e. The van der Waals surface area contributed by atoms with Crippen LogP contribution < -0.4 is 5.56 Å². The van der Waals surface area contributed by atoms with E-state index in [-0.39, 0.29) is 5.56 Å². The summed E-state index contributed by atoms with van der Waals surface area (Å²) in [7, 11) is 1.76. The smallest absolute Gasteiger partial charge is 0.253 e. The molecule has 0 radical (unpaired) electrons. The van der Waals surface area contributed by atoms with Crippen LogP contribution >= 0.6 is 0 Å². The van der Waals surface area contributed by atoms with E-state index in [4.69, 9.17) is 0 Å². The normalized spacial score (nSPS) is 11.2. The van der Waals surface area contributed by atoms with Crippen LogP contribution in [0.1, 0.15) is 27.8 Å². The molecule has 1 aromatic heterocycles. The molecule has 1 aromatic carbocycles. The molecule has 0 fully saturated rings. The highest BCUT2D eigenvalue weighted by atomic mass is 16.3. The van der Waals surface area contributed by atoms with Crippen LogP contribution in [0.5, 0.6) is 5.75 Å². The molecule has 3 heteroatoms. The molecule has 0 bridgehead atoms. The van der Waals surface area contributed by atoms with Crippen LogP contribution in [0.4, 0.5) is 0 Å². The molecule has 96 valence electrons. The van der Waals surface area contributed by atoms with Crippen LogP contribution in [-0.4, -0.2) is 9.67 Å². The van der Waals surface area contributed by atoms with Crippen LogP contribution in [0.2, 0.25) is 0 Å². The van der Waals surface area contributed by atoms with Crippen molar-refractivity contribution in [2.24, 2.45) is 7.05 Å². The lowest BCUT2D eigenvalue weighted by Crippen LogP contribution is -2.22. The molecule has 0 amide bonds. The number of hydrogen-bond donors (Lipinski definition) is 1. The van der Waals surface area contributed by atoms with E-state index in [1.165, 1.54) is 0 Å². The predicted molar refractivity (Wildman–Crippen MR) is 74.5 cm³/mol. The van der Waals surface area contributed by atoms with Gasteiger partial charge in [0, 0.05) is 18.0 Å². The average Bonchev–Trinajstić information content (AvgIpc) is 2.35. The number of aromatic nitrogens is 1. The number of aryl methyl sites for hydroxylation is 3. The summed E-state index contributed by atoms with van der Waals surface area (Å²) in [6, 6.07) is 0. The predicted octanol–water partition coefficient (Wildman–Crippen LogP) is 2.79. The fraction of sp³-hybridized carbons (Fsp3) is 0.400. The van der Waals surface area contributed by atoms with Crippen molar-refractivity contribution in [2.45, 2.75) is 34.6 Å². The molecule has 2 aromatic rings. The van der Waals surface area contributed by atoms with Gasteiger partial charge in [0.05, 0.1) is 5.52 Å². The largest absolute Gasteiger partial charge is 0.507 e. The Morgan fingerprint density at radius 2 is 1.39 bits per heavy atom. The molecule has 2 rings (SSSR count). The number of hydrogen-bond acceptors (Lipinski definition) is 2. The molecule has 0 spiro atoms. The number of phenols is 1. The van der Waals surface area contributed by atoms with Crippen molar-refractivity contribution in [3.05, 3.63) is 38.2 Å². The van der Waals surface area contributed by atoms with Gasteiger partial charge in [-0.25, -0.2) is 0 Å². The van der Waals surface area contributed by atoms with Crippen molar-refractivity contribution in [1.82, 2.24) is 4.57 Å². The summed E-state index contributed by atoms with van der Waals surface area (Å²) in [6.45, 7) is 9.59. The van der Waals surface area contributed by atoms with E-state index in [0.717, 1.165) is 33.2 Å². The second-order valence-corrected chi connectivity index (χ2v) is 5.06. The molecule has 0 aliphatic rings. The van der Waals surface area contributed by atoms with Gasteiger partial charge in [0.25, 0.3) is 5.56 Å². The maximum Gasteiger partial charge on any atom is 0.253 e. The third kappa shape index (κ3) is 1.40. The number of phenolic OH excluding ortho intramolecular Hbond substituents is 1. The van der Waals surface area contributed by atoms with E-state index in [2.05, 4.69) is 0 Å². The van der Waals surface area contributed by atoms with E-state index >= 15 is 0 Å². The number of aromatic hydroxyl groups is 1. The summed E-state index contributed by atoms with van der Waals surface area (Å²) in [5.74, 6) is 0.296. The molecule has 0 aliphatic carbocycles. The fourth-order valence-electron chi connectivity index (χ4n) is 2.60. The summed E-state index contributed by atoms with van der Waals surface area (Å²) >= 11 is 0. The third-order valence-electron chi connectivity index (χ3n) is 4.21. The maximum absolute atomic E-state index is 12.1. The summed E-state index contributed by atoms with van der Waals surface area (Å²) in [6.07, 6.45) is 0. The Bertz CT molecular complexity index is 724. The molecular weight excluding hydrogens is 226 g/mol. The van der Waals surface area contributed by atoms with E-state index in [1.54, 1.807) is 18.5 Å². The lowest BCUT2D eigenvalue weighted by Gasteiger charge is -2.18. The number of nitrogens with zero attached hydrogens (tertiary/aromatic N) is 1. The lowest BCUT2D eigenvalue weighted by molar-refractivity contribution is 0.476. The van der Waals surface area contributed by atoms with Crippen molar-refractivity contribution >= 4 is 10.9 Å². The van der Waals surface area contributed by atoms with E-state index < -0.39 is 0 Å². The fourth-order valence-corrected chi connectivity index (χ4v) is 2.60. The highest BCUT2D eigenvalue weighted by Gasteiger charge is 2.17. The van der Waals surface area contributed by atoms with Crippen LogP contribution in [0, 0.1) is 34.6 Å². The molecule has 0 unspecified atom stereocenters. The van der Waals surface area contributed by atoms with Gasteiger partial charge in [-0.1, -0.05) is 0 Å². The number of pyridine rings is 1. The zero-order valence-electron chi connectivity index (χ0n) is 11.8. The third-order valence-corrected chi connectivity index (χ3v) is 4.21. The molecule has 0 atom stereocenters. The molecular formula is C15H19NO2. The van der Waals surface area contributed by atoms with Crippen LogP contribution in [0.25, 0.3) is 10.9 Å². The van der Waals surface area contributed by atoms with Gasteiger partial charge in [-0.15, -0.1) is 0 Å². The zero-order chi connectivity index (χ0) is 13.8. The first-order valence-corrected chi connectivity index (χ1v) is 6.07. The van der Waals surface area contributed by atoms with Gasteiger partial charge in [0.2, 0.25) is 0 Å². The monoisotopic (exact) mass is 245 g/mol. The summed E-state index contributed by atoms with van der Waals surface area (Å²) < 4.78 is 1.64. The molecule has 0 saturated heterocycles. The van der Waals surface area contributed by atoms with Crippen molar-refractivity contribution in [3.63, 3.8) is 0 Å². The summed E-state index contributed by atoms with van der Waals surface area (Å²) in [4.78, 5) is 12.1. The molecule has 0 saturated carbocycles. The standard InChI is InChI=1S/C15H19NO2/c1-7-9(3)13-12(14(17)10(7)4)8(2)11(5)15(18)16(13)6/h17H,1-6H3. The van der Waals surface area contributed by atoms with Crippen LogP contribution in [-0.2, 0) is 7.05 Å². The number of benzene rings is 1. The summed E-state index contributed by atoms with van der Waals surface area (Å²) in [5.41, 5.74) is 5.40. The van der Waals surface area contributed by atoms with Gasteiger partial charge in [-0.2, -0.15) is 0 Å². The molecule has 3 nitrogen and oxygen atoms in total. The molecule has 1 N–H and O–H groups in total. The highest BCUT2D eigenvalue weighted by Crippen LogP contribution is 2.35. The molecule has 1 heterocycles. The average molecular weight is 245 g/mol. The second-order valence-electron chi connectivity index (χ2n) is 5.06. The first-order valence-electron chi connectivity index (χ1n) is 6.07. The Balaban J connectivity index is 3.27. The number of fused-ring (bicyclic) bond motifs is 1. The minimum absolute atomic E-state index is 0.00533. The van der Waals surface area contributed by atoms with Crippen molar-refractivity contribution in [1.29, 1.82) is 0 Å². The quantitative estimate of drug-likeness (QED) is 0.775. The Kier molecular flexibility index (Phi) is 2.73. The Morgan fingerprint density at radius 1 is 0.833 bits per heavy atom. The van der Waals surface area contributed by atoms with Crippen molar-refractivity contribution in [3.8, 4) is 5.75 Å². The van der Waals surface area contributed by atoms with Crippen LogP contribution in [0.15, 0.2) is 4.79 Å². The van der Waals surface area contributed by atoms with E-state index in [9.17, 15) is 9.90 Å². The van der Waals surface area contributed by atoms with Crippen molar-refractivity contribution in [2.75, 3.05) is 0 Å². The maximum atomic E-state index is 12.1. The zero-order valence-corrected chi connectivity index (χ0v) is 11.8. The number of rotatable bonds is 0. The lowest BCUT2D eigenvalue weighted by atomic mass is 9.94. The second kappa shape index (κ2) is 3.87. The Hall–Kier alpha value is -1.77. The first-order chi connectivity index (χ1) is 8.29. The SMILES string of the molecule is Cc1c(C)c(C)c2c(c(C)c(C)c(=O)n2C)c1O. The first kappa shape index (κ1) is 12.7. The van der Waals surface area contributed by atoms with E-state index in [1.807, 2.05) is 27.7 Å². The van der Waals surface area contributed by atoms with E-state index in [0.29, 0.717) is 11.3 Å². The Labute approximate surface area is 107 Å². The summed E-state index contributed by atoms with van der Waals surface area (Å²) in [5, 5.41) is 11.2.